The minimum atomic E-state index is -1.82. The Labute approximate surface area is 207 Å². The number of anilines is 1. The molecule has 3 heterocycles. The Bertz CT molecular complexity index is 1200. The first-order chi connectivity index (χ1) is 16.5. The van der Waals surface area contributed by atoms with Crippen LogP contribution in [0, 0.1) is 0 Å². The Hall–Kier alpha value is -2.95. The number of aromatic nitrogens is 3. The highest BCUT2D eigenvalue weighted by molar-refractivity contribution is 6.74. The topological polar surface area (TPSA) is 104 Å². The van der Waals surface area contributed by atoms with Crippen LogP contribution >= 0.6 is 0 Å². The normalized spacial score (nSPS) is 16.0. The predicted molar refractivity (Wildman–Crippen MR) is 140 cm³/mol. The quantitative estimate of drug-likeness (QED) is 0.474. The molecule has 2 aromatic heterocycles. The van der Waals surface area contributed by atoms with Crippen molar-refractivity contribution in [3.8, 4) is 16.9 Å². The van der Waals surface area contributed by atoms with E-state index in [1.54, 1.807) is 22.8 Å². The van der Waals surface area contributed by atoms with E-state index in [1.807, 2.05) is 12.3 Å². The molecule has 1 aliphatic heterocycles. The van der Waals surface area contributed by atoms with Crippen LogP contribution in [-0.2, 0) is 4.43 Å². The summed E-state index contributed by atoms with van der Waals surface area (Å²) in [6.07, 6.45) is 3.55. The first kappa shape index (κ1) is 25.1. The minimum absolute atomic E-state index is 0.0231. The first-order valence-corrected chi connectivity index (χ1v) is 15.0. The van der Waals surface area contributed by atoms with Crippen molar-refractivity contribution in [2.75, 3.05) is 44.6 Å². The molecule has 0 saturated carbocycles. The van der Waals surface area contributed by atoms with Crippen LogP contribution in [0.4, 0.5) is 5.82 Å². The van der Waals surface area contributed by atoms with E-state index in [-0.39, 0.29) is 16.7 Å². The molecular formula is C25H36N6O3Si-. The monoisotopic (exact) mass is 496 g/mol. The fourth-order valence-electron chi connectivity index (χ4n) is 3.82. The van der Waals surface area contributed by atoms with Gasteiger partial charge in [-0.15, -0.1) is 18.1 Å². The van der Waals surface area contributed by atoms with Crippen molar-refractivity contribution in [1.29, 1.82) is 0 Å². The zero-order valence-electron chi connectivity index (χ0n) is 21.3. The fourth-order valence-corrected chi connectivity index (χ4v) is 4.86. The van der Waals surface area contributed by atoms with Gasteiger partial charge in [0.2, 0.25) is 0 Å². The third-order valence-electron chi connectivity index (χ3n) is 6.98. The maximum Gasteiger partial charge on any atom is 0.251 e. The Morgan fingerprint density at radius 1 is 1.11 bits per heavy atom. The van der Waals surface area contributed by atoms with Crippen molar-refractivity contribution in [1.82, 2.24) is 24.8 Å². The average Bonchev–Trinajstić information content (AvgIpc) is 3.20. The third-order valence-corrected chi connectivity index (χ3v) is 11.5. The number of phenolic OH excluding ortho intramolecular Hbond substituents is 1. The summed E-state index contributed by atoms with van der Waals surface area (Å²) in [5, 5.41) is 21.2. The Balaban J connectivity index is 1.56. The molecule has 35 heavy (non-hydrogen) atoms. The molecular weight excluding hydrogens is 460 g/mol. The molecule has 0 saturated heterocycles. The van der Waals surface area contributed by atoms with Gasteiger partial charge in [0.1, 0.15) is 11.6 Å². The number of aromatic hydroxyl groups is 1. The number of fused-ring (bicyclic) bond motifs is 4. The van der Waals surface area contributed by atoms with E-state index in [0.29, 0.717) is 43.0 Å². The van der Waals surface area contributed by atoms with Crippen LogP contribution in [0.2, 0.25) is 18.1 Å². The van der Waals surface area contributed by atoms with Crippen LogP contribution in [0.5, 0.6) is 5.75 Å². The van der Waals surface area contributed by atoms with Gasteiger partial charge >= 0.3 is 0 Å². The lowest BCUT2D eigenvalue weighted by Crippen LogP contribution is -2.44. The summed E-state index contributed by atoms with van der Waals surface area (Å²) in [4.78, 5) is 19.9. The lowest BCUT2D eigenvalue weighted by atomic mass is 10.0. The molecule has 0 radical (unpaired) electrons. The molecule has 0 atom stereocenters. The Kier molecular flexibility index (Phi) is 7.16. The summed E-state index contributed by atoms with van der Waals surface area (Å²) >= 11 is 0. The van der Waals surface area contributed by atoms with Gasteiger partial charge in [0, 0.05) is 56.7 Å². The molecule has 1 aliphatic rings. The minimum Gasteiger partial charge on any atom is -0.564 e. The number of hydrogen-bond acceptors (Lipinski definition) is 7. The molecule has 0 spiro atoms. The summed E-state index contributed by atoms with van der Waals surface area (Å²) in [5.41, 5.74) is 2.49. The largest absolute Gasteiger partial charge is 0.564 e. The summed E-state index contributed by atoms with van der Waals surface area (Å²) in [7, 11) is -1.82. The van der Waals surface area contributed by atoms with Crippen LogP contribution < -0.4 is 10.6 Å². The molecule has 0 aliphatic carbocycles. The van der Waals surface area contributed by atoms with Gasteiger partial charge in [-0.1, -0.05) is 20.8 Å². The molecule has 3 N–H and O–H groups in total. The number of benzene rings is 1. The molecule has 10 heteroatoms. The fraction of sp³-hybridized carbons (Fsp3) is 0.480. The molecule has 4 bridgehead atoms. The van der Waals surface area contributed by atoms with Crippen LogP contribution in [0.25, 0.3) is 16.8 Å². The van der Waals surface area contributed by atoms with Crippen molar-refractivity contribution in [3.05, 3.63) is 42.2 Å². The molecule has 3 aromatic rings. The van der Waals surface area contributed by atoms with E-state index in [2.05, 4.69) is 54.5 Å². The van der Waals surface area contributed by atoms with Gasteiger partial charge < -0.3 is 20.2 Å². The van der Waals surface area contributed by atoms with Crippen molar-refractivity contribution < 1.29 is 14.3 Å². The SMILES string of the molecule is CC(C)(C)[Si-](C)(C)OCCN1CCNC(=O)c2cc(O)cc(c2)-c2cnn3ccc(nc23)NCC1. The number of carbonyl (C=O) groups excluding carboxylic acids is 1. The number of hydrogen-bond donors (Lipinski definition) is 3. The van der Waals surface area contributed by atoms with Crippen LogP contribution in [0.3, 0.4) is 0 Å². The van der Waals surface area contributed by atoms with E-state index in [9.17, 15) is 9.90 Å². The predicted octanol–water partition coefficient (Wildman–Crippen LogP) is 3.58. The van der Waals surface area contributed by atoms with Crippen LogP contribution in [0.15, 0.2) is 36.7 Å². The maximum absolute atomic E-state index is 12.9. The molecule has 189 valence electrons. The van der Waals surface area contributed by atoms with Gasteiger partial charge in [-0.05, 0) is 38.1 Å². The second-order valence-corrected chi connectivity index (χ2v) is 15.4. The molecule has 4 rings (SSSR count). The van der Waals surface area contributed by atoms with Crippen LogP contribution in [-0.4, -0.2) is 78.2 Å². The maximum atomic E-state index is 12.9. The highest BCUT2D eigenvalue weighted by atomic mass is 28.4. The van der Waals surface area contributed by atoms with Gasteiger partial charge in [0.25, 0.3) is 5.91 Å². The lowest BCUT2D eigenvalue weighted by Gasteiger charge is -2.48. The smallest absolute Gasteiger partial charge is 0.251 e. The van der Waals surface area contributed by atoms with E-state index in [1.165, 1.54) is 6.07 Å². The summed E-state index contributed by atoms with van der Waals surface area (Å²) in [6, 6.07) is 6.76. The van der Waals surface area contributed by atoms with E-state index in [0.717, 1.165) is 24.5 Å². The molecule has 1 amide bonds. The molecule has 1 aromatic carbocycles. The molecule has 0 unspecified atom stereocenters. The second-order valence-electron chi connectivity index (χ2n) is 10.5. The first-order valence-electron chi connectivity index (χ1n) is 12.1. The zero-order valence-corrected chi connectivity index (χ0v) is 22.3. The molecule has 0 fully saturated rings. The lowest BCUT2D eigenvalue weighted by molar-refractivity contribution is 0.0947. The summed E-state index contributed by atoms with van der Waals surface area (Å²) in [5.74, 6) is 0.550. The highest BCUT2D eigenvalue weighted by Gasteiger charge is 2.24. The number of amides is 1. The summed E-state index contributed by atoms with van der Waals surface area (Å²) < 4.78 is 8.07. The number of nitrogens with zero attached hydrogens (tertiary/aromatic N) is 4. The standard InChI is InChI=1S/C25H36N6O3Si/c1-25(2,3)35(4,5)34-13-12-30-10-7-26-22-6-9-31-23(29-22)21(17-28-31)18-14-19(16-20(32)15-18)24(33)27-8-11-30/h6,9,14-17,32H,7-8,10-13H2,1-5H3,(H,26,29)(H,27,33)/q-1. The Morgan fingerprint density at radius 2 is 1.83 bits per heavy atom. The van der Waals surface area contributed by atoms with Gasteiger partial charge in [-0.2, -0.15) is 5.10 Å². The van der Waals surface area contributed by atoms with Gasteiger partial charge in [-0.25, -0.2) is 9.50 Å². The van der Waals surface area contributed by atoms with E-state index >= 15 is 0 Å². The van der Waals surface area contributed by atoms with Crippen molar-refractivity contribution in [2.45, 2.75) is 38.9 Å². The van der Waals surface area contributed by atoms with Gasteiger partial charge in [0.15, 0.2) is 5.65 Å². The van der Waals surface area contributed by atoms with Crippen molar-refractivity contribution in [3.63, 3.8) is 0 Å². The average molecular weight is 497 g/mol. The van der Waals surface area contributed by atoms with E-state index in [4.69, 9.17) is 9.41 Å². The second kappa shape index (κ2) is 9.96. The number of nitrogens with one attached hydrogen (secondary N) is 2. The van der Waals surface area contributed by atoms with E-state index < -0.39 is 8.32 Å². The summed E-state index contributed by atoms with van der Waals surface area (Å²) in [6.45, 7) is 15.4. The Morgan fingerprint density at radius 3 is 2.57 bits per heavy atom. The van der Waals surface area contributed by atoms with Gasteiger partial charge in [-0.3, -0.25) is 9.69 Å². The number of phenols is 1. The number of carbonyl (C=O) groups is 1. The van der Waals surface area contributed by atoms with Crippen LogP contribution in [0.1, 0.15) is 31.1 Å². The van der Waals surface area contributed by atoms with Crippen molar-refractivity contribution >= 4 is 25.7 Å². The molecule has 9 nitrogen and oxygen atoms in total. The number of rotatable bonds is 4. The van der Waals surface area contributed by atoms with Crippen molar-refractivity contribution in [2.24, 2.45) is 0 Å². The zero-order chi connectivity index (χ0) is 25.2. The third kappa shape index (κ3) is 5.83. The van der Waals surface area contributed by atoms with Gasteiger partial charge in [0.05, 0.1) is 6.20 Å². The highest BCUT2D eigenvalue weighted by Crippen LogP contribution is 2.36.